The Labute approximate surface area is 80.0 Å². The molecule has 3 nitrogen and oxygen atoms in total. The van der Waals surface area contributed by atoms with E-state index in [0.717, 1.165) is 6.42 Å². The zero-order chi connectivity index (χ0) is 9.23. The molecule has 0 saturated heterocycles. The van der Waals surface area contributed by atoms with Crippen LogP contribution in [0.15, 0.2) is 43.0 Å². The van der Waals surface area contributed by atoms with Crippen LogP contribution in [0.25, 0.3) is 0 Å². The van der Waals surface area contributed by atoms with E-state index in [1.54, 1.807) is 0 Å². The number of hydrogen-bond donors (Lipinski definition) is 2. The average molecular weight is 199 g/mol. The van der Waals surface area contributed by atoms with Crippen molar-refractivity contribution in [2.45, 2.75) is 6.42 Å². The zero-order valence-electron chi connectivity index (χ0n) is 7.39. The lowest BCUT2D eigenvalue weighted by Crippen LogP contribution is -1.75. The second-order valence-corrected chi connectivity index (χ2v) is 2.22. The molecule has 0 unspecified atom stereocenters. The molecule has 0 spiro atoms. The molecule has 72 valence electrons. The van der Waals surface area contributed by atoms with E-state index in [4.69, 9.17) is 9.46 Å². The minimum absolute atomic E-state index is 0. The van der Waals surface area contributed by atoms with Crippen molar-refractivity contribution < 1.29 is 9.46 Å². The molecule has 1 rings (SSSR count). The van der Waals surface area contributed by atoms with Gasteiger partial charge in [0.1, 0.15) is 0 Å². The molecule has 1 aromatic carbocycles. The Bertz CT molecular complexity index is 226. The quantitative estimate of drug-likeness (QED) is 0.568. The molecule has 13 heavy (non-hydrogen) atoms. The van der Waals surface area contributed by atoms with Crippen LogP contribution in [0.1, 0.15) is 5.56 Å². The molecule has 1 aromatic rings. The van der Waals surface area contributed by atoms with Gasteiger partial charge in [-0.2, -0.15) is 0 Å². The van der Waals surface area contributed by atoms with Gasteiger partial charge in [-0.25, -0.2) is 4.57 Å². The summed E-state index contributed by atoms with van der Waals surface area (Å²) in [5.74, 6) is 0. The summed E-state index contributed by atoms with van der Waals surface area (Å²) in [7, 11) is -0.833. The monoisotopic (exact) mass is 199 g/mol. The van der Waals surface area contributed by atoms with Crippen LogP contribution in [0.4, 0.5) is 0 Å². The molecule has 0 radical (unpaired) electrons. The lowest BCUT2D eigenvalue weighted by atomic mass is 10.2. The lowest BCUT2D eigenvalue weighted by Gasteiger charge is -1.91. The SMILES string of the molecule is C=CCc1ccccc1.N.O=PO. The van der Waals surface area contributed by atoms with E-state index >= 15 is 0 Å². The van der Waals surface area contributed by atoms with Crippen molar-refractivity contribution in [1.82, 2.24) is 6.15 Å². The van der Waals surface area contributed by atoms with Crippen molar-refractivity contribution in [3.63, 3.8) is 0 Å². The predicted octanol–water partition coefficient (Wildman–Crippen LogP) is 2.76. The molecule has 0 saturated carbocycles. The van der Waals surface area contributed by atoms with E-state index < -0.39 is 8.69 Å². The van der Waals surface area contributed by atoms with Crippen molar-refractivity contribution in [2.75, 3.05) is 0 Å². The highest BCUT2D eigenvalue weighted by atomic mass is 31.1. The standard InChI is InChI=1S/C9H10.H3N.HO2P/c1-2-6-9-7-4-3-5-8-9;;1-3-2/h2-5,7-8H,1,6H2;1H3;(H,1,2). The number of rotatable bonds is 2. The third kappa shape index (κ3) is 8.89. The second-order valence-electron chi connectivity index (χ2n) is 2.06. The highest BCUT2D eigenvalue weighted by Crippen LogP contribution is 1.98. The highest BCUT2D eigenvalue weighted by molar-refractivity contribution is 7.16. The van der Waals surface area contributed by atoms with Gasteiger partial charge in [-0.15, -0.1) is 6.58 Å². The highest BCUT2D eigenvalue weighted by Gasteiger charge is 1.82. The van der Waals surface area contributed by atoms with E-state index in [9.17, 15) is 0 Å². The molecule has 0 aliphatic rings. The van der Waals surface area contributed by atoms with Gasteiger partial charge in [0.15, 0.2) is 0 Å². The molecule has 0 aliphatic heterocycles. The van der Waals surface area contributed by atoms with Crippen LogP contribution in [-0.4, -0.2) is 4.89 Å². The Morgan fingerprint density at radius 1 is 1.38 bits per heavy atom. The first-order valence-corrected chi connectivity index (χ1v) is 4.23. The van der Waals surface area contributed by atoms with Gasteiger partial charge in [-0.05, 0) is 12.0 Å². The fraction of sp³-hybridized carbons (Fsp3) is 0.111. The topological polar surface area (TPSA) is 72.3 Å². The van der Waals surface area contributed by atoms with Crippen LogP contribution in [-0.2, 0) is 11.0 Å². The van der Waals surface area contributed by atoms with Crippen molar-refractivity contribution in [3.8, 4) is 0 Å². The molecule has 0 atom stereocenters. The predicted molar refractivity (Wildman–Crippen MR) is 55.2 cm³/mol. The van der Waals surface area contributed by atoms with E-state index in [2.05, 4.69) is 18.7 Å². The molecule has 0 amide bonds. The first kappa shape index (κ1) is 14.5. The maximum Gasteiger partial charge on any atom is 0.324 e. The minimum atomic E-state index is -0.833. The van der Waals surface area contributed by atoms with Gasteiger partial charge in [0.2, 0.25) is 0 Å². The second kappa shape index (κ2) is 11.0. The van der Waals surface area contributed by atoms with Crippen molar-refractivity contribution in [2.24, 2.45) is 0 Å². The summed E-state index contributed by atoms with van der Waals surface area (Å²) in [5.41, 5.74) is 1.33. The smallest absolute Gasteiger partial charge is 0.324 e. The maximum atomic E-state index is 8.46. The fourth-order valence-electron chi connectivity index (χ4n) is 0.781. The third-order valence-electron chi connectivity index (χ3n) is 1.22. The zero-order valence-corrected chi connectivity index (χ0v) is 8.28. The molecular weight excluding hydrogens is 185 g/mol. The Kier molecular flexibility index (Phi) is 12.2. The number of allylic oxidation sites excluding steroid dienone is 1. The Morgan fingerprint density at radius 3 is 2.23 bits per heavy atom. The summed E-state index contributed by atoms with van der Waals surface area (Å²) in [6.45, 7) is 3.66. The average Bonchev–Trinajstić information content (AvgIpc) is 2.08. The Hall–Kier alpha value is -1.02. The van der Waals surface area contributed by atoms with Crippen LogP contribution < -0.4 is 6.15 Å². The van der Waals surface area contributed by atoms with Crippen molar-refractivity contribution in [3.05, 3.63) is 48.6 Å². The molecule has 0 fully saturated rings. The summed E-state index contributed by atoms with van der Waals surface area (Å²) in [4.78, 5) is 6.99. The molecule has 4 heteroatoms. The van der Waals surface area contributed by atoms with E-state index in [1.807, 2.05) is 24.3 Å². The lowest BCUT2D eigenvalue weighted by molar-refractivity contribution is 0.524. The van der Waals surface area contributed by atoms with Crippen LogP contribution in [0.2, 0.25) is 0 Å². The minimum Gasteiger partial charge on any atom is -0.344 e. The van der Waals surface area contributed by atoms with Gasteiger partial charge in [0, 0.05) is 0 Å². The Balaban J connectivity index is 0. The van der Waals surface area contributed by atoms with Gasteiger partial charge < -0.3 is 11.0 Å². The Morgan fingerprint density at radius 2 is 1.85 bits per heavy atom. The summed E-state index contributed by atoms with van der Waals surface area (Å²) < 4.78 is 8.46. The van der Waals surface area contributed by atoms with Gasteiger partial charge >= 0.3 is 8.69 Å². The van der Waals surface area contributed by atoms with Crippen molar-refractivity contribution in [1.29, 1.82) is 0 Å². The number of hydrogen-bond acceptors (Lipinski definition) is 2. The van der Waals surface area contributed by atoms with Crippen LogP contribution in [0, 0.1) is 0 Å². The summed E-state index contributed by atoms with van der Waals surface area (Å²) >= 11 is 0. The summed E-state index contributed by atoms with van der Waals surface area (Å²) in [6.07, 6.45) is 2.89. The normalized spacial score (nSPS) is 7.77. The van der Waals surface area contributed by atoms with Crippen molar-refractivity contribution >= 4 is 8.69 Å². The molecule has 4 N–H and O–H groups in total. The van der Waals surface area contributed by atoms with Gasteiger partial charge in [-0.3, -0.25) is 0 Å². The van der Waals surface area contributed by atoms with Gasteiger partial charge in [-0.1, -0.05) is 36.4 Å². The van der Waals surface area contributed by atoms with E-state index in [-0.39, 0.29) is 6.15 Å². The molecule has 0 heterocycles. The number of benzene rings is 1. The van der Waals surface area contributed by atoms with Crippen LogP contribution in [0.3, 0.4) is 0 Å². The first-order chi connectivity index (χ1) is 5.85. The molecular formula is C9H14NO2P. The van der Waals surface area contributed by atoms with Gasteiger partial charge in [0.05, 0.1) is 0 Å². The van der Waals surface area contributed by atoms with Crippen LogP contribution >= 0.6 is 8.69 Å². The fourth-order valence-corrected chi connectivity index (χ4v) is 0.781. The summed E-state index contributed by atoms with van der Waals surface area (Å²) in [6, 6.07) is 10.3. The maximum absolute atomic E-state index is 8.46. The van der Waals surface area contributed by atoms with Gasteiger partial charge in [0.25, 0.3) is 0 Å². The molecule has 0 bridgehead atoms. The summed E-state index contributed by atoms with van der Waals surface area (Å²) in [5, 5.41) is 0. The largest absolute Gasteiger partial charge is 0.344 e. The van der Waals surface area contributed by atoms with Crippen LogP contribution in [0.5, 0.6) is 0 Å². The van der Waals surface area contributed by atoms with E-state index in [1.165, 1.54) is 5.56 Å². The molecule has 0 aliphatic carbocycles. The first-order valence-electron chi connectivity index (χ1n) is 3.46. The third-order valence-corrected chi connectivity index (χ3v) is 1.22. The van der Waals surface area contributed by atoms with E-state index in [0.29, 0.717) is 0 Å². The molecule has 0 aromatic heterocycles.